The molecule has 2 heteroatoms. The summed E-state index contributed by atoms with van der Waals surface area (Å²) >= 11 is 0. The summed E-state index contributed by atoms with van der Waals surface area (Å²) < 4.78 is 5.92. The van der Waals surface area contributed by atoms with E-state index in [4.69, 9.17) is 4.74 Å². The Morgan fingerprint density at radius 3 is 2.38 bits per heavy atom. The highest BCUT2D eigenvalue weighted by atomic mass is 16.5. The van der Waals surface area contributed by atoms with Gasteiger partial charge in [-0.05, 0) is 43.4 Å². The molecule has 3 unspecified atom stereocenters. The third kappa shape index (κ3) is 2.67. The van der Waals surface area contributed by atoms with Crippen LogP contribution in [0.1, 0.15) is 73.1 Å². The van der Waals surface area contributed by atoms with Crippen molar-refractivity contribution in [1.82, 2.24) is 5.32 Å². The minimum absolute atomic E-state index is 0.334. The van der Waals surface area contributed by atoms with Crippen molar-refractivity contribution in [2.24, 2.45) is 22.7 Å². The number of hydrogen-bond donors (Lipinski definition) is 1. The Morgan fingerprint density at radius 2 is 1.76 bits per heavy atom. The van der Waals surface area contributed by atoms with Crippen LogP contribution in [0.4, 0.5) is 0 Å². The molecular weight excluding hydrogens is 258 g/mol. The number of nitrogens with one attached hydrogen (secondary N) is 1. The smallest absolute Gasteiger partial charge is 0.0685 e. The lowest BCUT2D eigenvalue weighted by Gasteiger charge is -2.56. The van der Waals surface area contributed by atoms with Crippen molar-refractivity contribution in [2.75, 3.05) is 6.61 Å². The van der Waals surface area contributed by atoms with Crippen molar-refractivity contribution in [1.29, 1.82) is 0 Å². The molecule has 1 saturated heterocycles. The maximum absolute atomic E-state index is 5.92. The highest BCUT2D eigenvalue weighted by molar-refractivity contribution is 5.12. The SMILES string of the molecule is CCC(C)(C)C1CCC(NC2C3CCOC3C2(C)C)CC1. The van der Waals surface area contributed by atoms with E-state index < -0.39 is 0 Å². The molecule has 0 bridgehead atoms. The second-order valence-electron chi connectivity index (χ2n) is 9.10. The molecule has 122 valence electrons. The van der Waals surface area contributed by atoms with Gasteiger partial charge in [-0.15, -0.1) is 0 Å². The molecule has 3 fully saturated rings. The number of ether oxygens (including phenoxy) is 1. The first-order valence-corrected chi connectivity index (χ1v) is 9.24. The molecule has 1 N–H and O–H groups in total. The van der Waals surface area contributed by atoms with E-state index in [1.807, 2.05) is 0 Å². The van der Waals surface area contributed by atoms with Crippen LogP contribution in [0.5, 0.6) is 0 Å². The summed E-state index contributed by atoms with van der Waals surface area (Å²) in [4.78, 5) is 0. The monoisotopic (exact) mass is 293 g/mol. The van der Waals surface area contributed by atoms with Gasteiger partial charge in [-0.1, -0.05) is 41.0 Å². The zero-order chi connectivity index (χ0) is 15.3. The second kappa shape index (κ2) is 5.53. The topological polar surface area (TPSA) is 21.3 Å². The molecule has 0 amide bonds. The zero-order valence-corrected chi connectivity index (χ0v) is 14.7. The first-order valence-electron chi connectivity index (χ1n) is 9.24. The third-order valence-electron chi connectivity index (χ3n) is 7.26. The van der Waals surface area contributed by atoms with Crippen molar-refractivity contribution in [3.05, 3.63) is 0 Å². The minimum atomic E-state index is 0.334. The van der Waals surface area contributed by atoms with Gasteiger partial charge in [0.05, 0.1) is 6.10 Å². The largest absolute Gasteiger partial charge is 0.377 e. The van der Waals surface area contributed by atoms with Gasteiger partial charge in [0.1, 0.15) is 0 Å². The Labute approximate surface area is 131 Å². The molecule has 21 heavy (non-hydrogen) atoms. The summed E-state index contributed by atoms with van der Waals surface area (Å²) in [5.74, 6) is 1.71. The molecule has 2 nitrogen and oxygen atoms in total. The van der Waals surface area contributed by atoms with Gasteiger partial charge in [-0.2, -0.15) is 0 Å². The van der Waals surface area contributed by atoms with E-state index in [1.54, 1.807) is 0 Å². The van der Waals surface area contributed by atoms with Crippen LogP contribution in [0, 0.1) is 22.7 Å². The Morgan fingerprint density at radius 1 is 1.10 bits per heavy atom. The van der Waals surface area contributed by atoms with Crippen LogP contribution in [0.15, 0.2) is 0 Å². The van der Waals surface area contributed by atoms with Crippen LogP contribution in [0.25, 0.3) is 0 Å². The van der Waals surface area contributed by atoms with Crippen molar-refractivity contribution < 1.29 is 4.74 Å². The van der Waals surface area contributed by atoms with Crippen molar-refractivity contribution in [3.63, 3.8) is 0 Å². The highest BCUT2D eigenvalue weighted by Gasteiger charge is 2.59. The molecule has 1 aliphatic heterocycles. The van der Waals surface area contributed by atoms with Gasteiger partial charge in [-0.25, -0.2) is 0 Å². The molecule has 2 saturated carbocycles. The van der Waals surface area contributed by atoms with Crippen LogP contribution in [0.3, 0.4) is 0 Å². The predicted molar refractivity (Wildman–Crippen MR) is 88.4 cm³/mol. The molecule has 0 aromatic rings. The molecular formula is C19H35NO. The fourth-order valence-corrected chi connectivity index (χ4v) is 5.25. The van der Waals surface area contributed by atoms with E-state index in [9.17, 15) is 0 Å². The quantitative estimate of drug-likeness (QED) is 0.830. The second-order valence-corrected chi connectivity index (χ2v) is 9.10. The zero-order valence-electron chi connectivity index (χ0n) is 14.7. The Hall–Kier alpha value is -0.0800. The Kier molecular flexibility index (Phi) is 4.16. The van der Waals surface area contributed by atoms with Crippen LogP contribution in [-0.4, -0.2) is 24.8 Å². The fourth-order valence-electron chi connectivity index (χ4n) is 5.25. The maximum Gasteiger partial charge on any atom is 0.0685 e. The molecule has 3 rings (SSSR count). The van der Waals surface area contributed by atoms with E-state index in [-0.39, 0.29) is 0 Å². The van der Waals surface area contributed by atoms with E-state index in [0.29, 0.717) is 23.0 Å². The van der Waals surface area contributed by atoms with Crippen LogP contribution >= 0.6 is 0 Å². The van der Waals surface area contributed by atoms with E-state index in [1.165, 1.54) is 38.5 Å². The number of rotatable bonds is 4. The molecule has 3 atom stereocenters. The molecule has 0 radical (unpaired) electrons. The van der Waals surface area contributed by atoms with Gasteiger partial charge >= 0.3 is 0 Å². The molecule has 2 aliphatic carbocycles. The fraction of sp³-hybridized carbons (Fsp3) is 1.00. The molecule has 0 aromatic heterocycles. The molecule has 0 aromatic carbocycles. The first-order chi connectivity index (χ1) is 9.86. The Balaban J connectivity index is 1.52. The Bertz CT molecular complexity index is 368. The summed E-state index contributed by atoms with van der Waals surface area (Å²) in [7, 11) is 0. The van der Waals surface area contributed by atoms with Gasteiger partial charge < -0.3 is 10.1 Å². The number of hydrogen-bond acceptors (Lipinski definition) is 2. The van der Waals surface area contributed by atoms with Crippen LogP contribution < -0.4 is 5.32 Å². The van der Waals surface area contributed by atoms with Crippen LogP contribution in [-0.2, 0) is 4.74 Å². The minimum Gasteiger partial charge on any atom is -0.377 e. The summed E-state index contributed by atoms with van der Waals surface area (Å²) in [6.45, 7) is 13.0. The average Bonchev–Trinajstić information content (AvgIpc) is 2.92. The highest BCUT2D eigenvalue weighted by Crippen LogP contribution is 2.52. The summed E-state index contributed by atoms with van der Waals surface area (Å²) in [5, 5.41) is 4.03. The lowest BCUT2D eigenvalue weighted by molar-refractivity contribution is -0.117. The van der Waals surface area contributed by atoms with Crippen LogP contribution in [0.2, 0.25) is 0 Å². The van der Waals surface area contributed by atoms with Gasteiger partial charge in [0.25, 0.3) is 0 Å². The average molecular weight is 293 g/mol. The van der Waals surface area contributed by atoms with Gasteiger partial charge in [0.2, 0.25) is 0 Å². The third-order valence-corrected chi connectivity index (χ3v) is 7.26. The summed E-state index contributed by atoms with van der Waals surface area (Å²) in [5.41, 5.74) is 0.867. The van der Waals surface area contributed by atoms with E-state index >= 15 is 0 Å². The molecule has 0 spiro atoms. The molecule has 1 heterocycles. The first kappa shape index (κ1) is 15.8. The molecule has 3 aliphatic rings. The van der Waals surface area contributed by atoms with E-state index in [2.05, 4.69) is 39.9 Å². The van der Waals surface area contributed by atoms with Crippen molar-refractivity contribution in [3.8, 4) is 0 Å². The summed E-state index contributed by atoms with van der Waals surface area (Å²) in [6, 6.07) is 1.44. The standard InChI is InChI=1S/C19H35NO/c1-6-18(2,3)13-7-9-14(10-8-13)20-16-15-11-12-21-17(15)19(16,4)5/h13-17,20H,6-12H2,1-5H3. The summed E-state index contributed by atoms with van der Waals surface area (Å²) in [6.07, 6.45) is 8.67. The van der Waals surface area contributed by atoms with Crippen molar-refractivity contribution in [2.45, 2.75) is 91.3 Å². The van der Waals surface area contributed by atoms with E-state index in [0.717, 1.165) is 24.5 Å². The van der Waals surface area contributed by atoms with Crippen molar-refractivity contribution >= 4 is 0 Å². The number of fused-ring (bicyclic) bond motifs is 1. The van der Waals surface area contributed by atoms with Gasteiger partial charge in [0.15, 0.2) is 0 Å². The van der Waals surface area contributed by atoms with Gasteiger partial charge in [-0.3, -0.25) is 0 Å². The lowest BCUT2D eigenvalue weighted by Crippen LogP contribution is -2.67. The lowest BCUT2D eigenvalue weighted by atomic mass is 9.57. The normalized spacial score (nSPS) is 42.4. The maximum atomic E-state index is 5.92. The van der Waals surface area contributed by atoms with Gasteiger partial charge in [0, 0.05) is 30.0 Å². The predicted octanol–water partition coefficient (Wildman–Crippen LogP) is 4.38.